The summed E-state index contributed by atoms with van der Waals surface area (Å²) in [5.41, 5.74) is 4.46. The molecule has 0 aliphatic carbocycles. The first kappa shape index (κ1) is 20.3. The summed E-state index contributed by atoms with van der Waals surface area (Å²) >= 11 is 0. The van der Waals surface area contributed by atoms with Crippen molar-refractivity contribution in [3.63, 3.8) is 0 Å². The van der Waals surface area contributed by atoms with Gasteiger partial charge in [0, 0.05) is 18.3 Å². The zero-order valence-corrected chi connectivity index (χ0v) is 16.6. The van der Waals surface area contributed by atoms with Gasteiger partial charge in [-0.05, 0) is 36.2 Å². The highest BCUT2D eigenvalue weighted by Crippen LogP contribution is 2.22. The van der Waals surface area contributed by atoms with E-state index < -0.39 is 0 Å². The molecule has 1 atom stereocenters. The van der Waals surface area contributed by atoms with Gasteiger partial charge in [-0.15, -0.1) is 0 Å². The average Bonchev–Trinajstić information content (AvgIpc) is 2.75. The fourth-order valence-electron chi connectivity index (χ4n) is 3.12. The number of hydrogen-bond acceptors (Lipinski definition) is 3. The van der Waals surface area contributed by atoms with E-state index in [4.69, 9.17) is 0 Å². The second-order valence-electron chi connectivity index (χ2n) is 6.84. The number of anilines is 1. The van der Waals surface area contributed by atoms with Crippen LogP contribution in [0.25, 0.3) is 0 Å². The van der Waals surface area contributed by atoms with Crippen molar-refractivity contribution in [3.8, 4) is 0 Å². The first-order chi connectivity index (χ1) is 14.1. The van der Waals surface area contributed by atoms with Crippen molar-refractivity contribution < 1.29 is 9.59 Å². The maximum absolute atomic E-state index is 12.5. The quantitative estimate of drug-likeness (QED) is 0.579. The molecule has 3 N–H and O–H groups in total. The summed E-state index contributed by atoms with van der Waals surface area (Å²) in [6, 6.07) is 25.1. The van der Waals surface area contributed by atoms with Crippen LogP contribution in [0.3, 0.4) is 0 Å². The summed E-state index contributed by atoms with van der Waals surface area (Å²) in [4.78, 5) is 24.3. The van der Waals surface area contributed by atoms with Crippen molar-refractivity contribution in [2.45, 2.75) is 13.0 Å². The monoisotopic (exact) mass is 387 g/mol. The van der Waals surface area contributed by atoms with Gasteiger partial charge in [0.15, 0.2) is 0 Å². The molecule has 2 amide bonds. The van der Waals surface area contributed by atoms with Gasteiger partial charge in [-0.3, -0.25) is 14.9 Å². The fraction of sp³-hybridized carbons (Fsp3) is 0.167. The van der Waals surface area contributed by atoms with Crippen LogP contribution in [0.5, 0.6) is 0 Å². The Morgan fingerprint density at radius 2 is 1.55 bits per heavy atom. The van der Waals surface area contributed by atoms with Crippen molar-refractivity contribution in [2.24, 2.45) is 0 Å². The average molecular weight is 387 g/mol. The molecular formula is C24H25N3O2. The van der Waals surface area contributed by atoms with Crippen LogP contribution in [0.1, 0.15) is 33.1 Å². The van der Waals surface area contributed by atoms with Gasteiger partial charge in [-0.2, -0.15) is 0 Å². The number of aryl methyl sites for hydroxylation is 1. The van der Waals surface area contributed by atoms with E-state index in [0.29, 0.717) is 11.3 Å². The predicted molar refractivity (Wildman–Crippen MR) is 116 cm³/mol. The van der Waals surface area contributed by atoms with E-state index in [-0.39, 0.29) is 24.4 Å². The van der Waals surface area contributed by atoms with Gasteiger partial charge >= 0.3 is 0 Å². The third-order valence-corrected chi connectivity index (χ3v) is 4.65. The lowest BCUT2D eigenvalue weighted by molar-refractivity contribution is -0.115. The number of benzene rings is 3. The van der Waals surface area contributed by atoms with Crippen LogP contribution in [0.15, 0.2) is 78.9 Å². The van der Waals surface area contributed by atoms with Gasteiger partial charge in [0.05, 0.1) is 12.6 Å². The highest BCUT2D eigenvalue weighted by Gasteiger charge is 2.15. The Hall–Kier alpha value is -3.44. The Kier molecular flexibility index (Phi) is 6.76. The highest BCUT2D eigenvalue weighted by atomic mass is 16.2. The van der Waals surface area contributed by atoms with Crippen molar-refractivity contribution in [1.29, 1.82) is 0 Å². The summed E-state index contributed by atoms with van der Waals surface area (Å²) in [5.74, 6) is -0.366. The first-order valence-electron chi connectivity index (χ1n) is 9.53. The zero-order chi connectivity index (χ0) is 20.6. The number of carbonyl (C=O) groups is 2. The van der Waals surface area contributed by atoms with Crippen molar-refractivity contribution >= 4 is 17.5 Å². The Bertz CT molecular complexity index is 969. The number of amides is 2. The van der Waals surface area contributed by atoms with Crippen LogP contribution in [0, 0.1) is 6.92 Å². The molecule has 0 spiro atoms. The highest BCUT2D eigenvalue weighted by molar-refractivity contribution is 5.97. The van der Waals surface area contributed by atoms with E-state index in [2.05, 4.69) is 47.1 Å². The van der Waals surface area contributed by atoms with Crippen LogP contribution in [0.2, 0.25) is 0 Å². The molecule has 0 heterocycles. The summed E-state index contributed by atoms with van der Waals surface area (Å²) in [6.45, 7) is 2.19. The smallest absolute Gasteiger partial charge is 0.251 e. The second kappa shape index (κ2) is 9.66. The lowest BCUT2D eigenvalue weighted by Gasteiger charge is -2.20. The Morgan fingerprint density at radius 3 is 2.24 bits per heavy atom. The van der Waals surface area contributed by atoms with Gasteiger partial charge < -0.3 is 10.6 Å². The minimum Gasteiger partial charge on any atom is -0.355 e. The van der Waals surface area contributed by atoms with E-state index >= 15 is 0 Å². The third-order valence-electron chi connectivity index (χ3n) is 4.65. The summed E-state index contributed by atoms with van der Waals surface area (Å²) < 4.78 is 0. The molecule has 0 unspecified atom stereocenters. The second-order valence-corrected chi connectivity index (χ2v) is 6.84. The van der Waals surface area contributed by atoms with E-state index in [1.165, 1.54) is 5.56 Å². The van der Waals surface area contributed by atoms with Gasteiger partial charge in [0.25, 0.3) is 5.91 Å². The SMILES string of the molecule is CNC(=O)c1cccc(NC(=O)CN[C@H](c2ccccc2)c2ccc(C)cc2)c1. The maximum Gasteiger partial charge on any atom is 0.251 e. The van der Waals surface area contributed by atoms with Crippen LogP contribution < -0.4 is 16.0 Å². The molecule has 5 heteroatoms. The molecule has 0 saturated carbocycles. The number of hydrogen-bond donors (Lipinski definition) is 3. The minimum atomic E-state index is -0.192. The third kappa shape index (κ3) is 5.53. The molecule has 3 aromatic rings. The largest absolute Gasteiger partial charge is 0.355 e. The van der Waals surface area contributed by atoms with Gasteiger partial charge in [-0.1, -0.05) is 66.2 Å². The predicted octanol–water partition coefficient (Wildman–Crippen LogP) is 3.67. The number of nitrogens with one attached hydrogen (secondary N) is 3. The lowest BCUT2D eigenvalue weighted by Crippen LogP contribution is -2.32. The Labute approximate surface area is 171 Å². The topological polar surface area (TPSA) is 70.2 Å². The molecule has 3 aromatic carbocycles. The van der Waals surface area contributed by atoms with Crippen molar-refractivity contribution in [2.75, 3.05) is 18.9 Å². The van der Waals surface area contributed by atoms with Crippen LogP contribution in [-0.4, -0.2) is 25.4 Å². The summed E-state index contributed by atoms with van der Waals surface area (Å²) in [7, 11) is 1.58. The van der Waals surface area contributed by atoms with Gasteiger partial charge in [0.2, 0.25) is 5.91 Å². The molecule has 0 radical (unpaired) electrons. The molecule has 0 aromatic heterocycles. The number of carbonyl (C=O) groups excluding carboxylic acids is 2. The molecule has 29 heavy (non-hydrogen) atoms. The van der Waals surface area contributed by atoms with Crippen LogP contribution in [0.4, 0.5) is 5.69 Å². The molecule has 3 rings (SSSR count). The Balaban J connectivity index is 1.70. The van der Waals surface area contributed by atoms with Gasteiger partial charge in [0.1, 0.15) is 0 Å². The van der Waals surface area contributed by atoms with E-state index in [1.807, 2.05) is 30.3 Å². The maximum atomic E-state index is 12.5. The molecule has 0 fully saturated rings. The van der Waals surface area contributed by atoms with Crippen molar-refractivity contribution in [3.05, 3.63) is 101 Å². The summed E-state index contributed by atoms with van der Waals surface area (Å²) in [5, 5.41) is 8.77. The molecule has 0 aliphatic rings. The normalized spacial score (nSPS) is 11.5. The molecule has 148 valence electrons. The van der Waals surface area contributed by atoms with E-state index in [9.17, 15) is 9.59 Å². The standard InChI is InChI=1S/C24H25N3O2/c1-17-11-13-19(14-12-17)23(18-7-4-3-5-8-18)26-16-22(28)27-21-10-6-9-20(15-21)24(29)25-2/h3-15,23,26H,16H2,1-2H3,(H,25,29)(H,27,28)/t23-/m1/s1. The zero-order valence-electron chi connectivity index (χ0n) is 16.6. The molecule has 5 nitrogen and oxygen atoms in total. The first-order valence-corrected chi connectivity index (χ1v) is 9.53. The Morgan fingerprint density at radius 1 is 0.862 bits per heavy atom. The lowest BCUT2D eigenvalue weighted by atomic mass is 9.98. The van der Waals surface area contributed by atoms with E-state index in [0.717, 1.165) is 11.1 Å². The molecule has 0 aliphatic heterocycles. The number of rotatable bonds is 7. The van der Waals surface area contributed by atoms with Crippen LogP contribution in [-0.2, 0) is 4.79 Å². The van der Waals surface area contributed by atoms with Crippen molar-refractivity contribution in [1.82, 2.24) is 10.6 Å². The molecular weight excluding hydrogens is 362 g/mol. The van der Waals surface area contributed by atoms with Crippen LogP contribution >= 0.6 is 0 Å². The van der Waals surface area contributed by atoms with E-state index in [1.54, 1.807) is 31.3 Å². The van der Waals surface area contributed by atoms with Gasteiger partial charge in [-0.25, -0.2) is 0 Å². The minimum absolute atomic E-state index is 0.0975. The molecule has 0 bridgehead atoms. The summed E-state index contributed by atoms with van der Waals surface area (Å²) in [6.07, 6.45) is 0. The fourth-order valence-corrected chi connectivity index (χ4v) is 3.12. The molecule has 0 saturated heterocycles.